The number of halogens is 1. The summed E-state index contributed by atoms with van der Waals surface area (Å²) in [5, 5.41) is 11.7. The molecule has 0 radical (unpaired) electrons. The summed E-state index contributed by atoms with van der Waals surface area (Å²) in [4.78, 5) is 13.9. The van der Waals surface area contributed by atoms with Crippen molar-refractivity contribution in [1.29, 1.82) is 5.26 Å². The highest BCUT2D eigenvalue weighted by Crippen LogP contribution is 2.27. The minimum Gasteiger partial charge on any atom is -0.309 e. The summed E-state index contributed by atoms with van der Waals surface area (Å²) in [5.41, 5.74) is 0.863. The number of nitrogens with one attached hydrogen (secondary N) is 1. The molecule has 0 saturated carbocycles. The maximum Gasteiger partial charge on any atom is 0.245 e. The predicted octanol–water partition coefficient (Wildman–Crippen LogP) is 1.67. The second-order valence-corrected chi connectivity index (χ2v) is 4.66. The Morgan fingerprint density at radius 2 is 2.29 bits per heavy atom. The largest absolute Gasteiger partial charge is 0.309 e. The van der Waals surface area contributed by atoms with Gasteiger partial charge in [-0.1, -0.05) is 12.1 Å². The summed E-state index contributed by atoms with van der Waals surface area (Å²) < 4.78 is 0.894. The fourth-order valence-corrected chi connectivity index (χ4v) is 2.40. The predicted molar refractivity (Wildman–Crippen MR) is 68.5 cm³/mol. The first kappa shape index (κ1) is 12.1. The van der Waals surface area contributed by atoms with Crippen molar-refractivity contribution in [3.05, 3.63) is 28.7 Å². The van der Waals surface area contributed by atoms with Crippen LogP contribution in [0.15, 0.2) is 28.7 Å². The summed E-state index contributed by atoms with van der Waals surface area (Å²) in [6.07, 6.45) is 0.208. The molecule has 1 aromatic rings. The van der Waals surface area contributed by atoms with Gasteiger partial charge in [-0.25, -0.2) is 0 Å². The fraction of sp³-hybridized carbons (Fsp3) is 0.333. The summed E-state index contributed by atoms with van der Waals surface area (Å²) in [7, 11) is 0. The van der Waals surface area contributed by atoms with E-state index in [1.165, 1.54) is 0 Å². The van der Waals surface area contributed by atoms with Crippen LogP contribution in [0.5, 0.6) is 0 Å². The maximum absolute atomic E-state index is 12.2. The minimum atomic E-state index is -0.388. The van der Waals surface area contributed by atoms with Crippen LogP contribution in [0.2, 0.25) is 0 Å². The third kappa shape index (κ3) is 2.48. The first-order valence-corrected chi connectivity index (χ1v) is 6.19. The number of para-hydroxylation sites is 1. The Balaban J connectivity index is 2.25. The molecule has 1 N–H and O–H groups in total. The number of amides is 1. The average Bonchev–Trinajstić information content (AvgIpc) is 2.33. The molecule has 1 aromatic carbocycles. The summed E-state index contributed by atoms with van der Waals surface area (Å²) in [6.45, 7) is 1.34. The number of hydrogen-bond acceptors (Lipinski definition) is 3. The van der Waals surface area contributed by atoms with E-state index in [1.807, 2.05) is 30.3 Å². The zero-order valence-electron chi connectivity index (χ0n) is 9.19. The lowest BCUT2D eigenvalue weighted by Gasteiger charge is -2.32. The van der Waals surface area contributed by atoms with Gasteiger partial charge in [-0.2, -0.15) is 5.26 Å². The van der Waals surface area contributed by atoms with E-state index in [9.17, 15) is 4.79 Å². The molecule has 1 atom stereocenters. The molecular weight excluding hydrogens is 282 g/mol. The molecule has 1 aliphatic heterocycles. The van der Waals surface area contributed by atoms with Gasteiger partial charge < -0.3 is 10.2 Å². The van der Waals surface area contributed by atoms with Crippen LogP contribution < -0.4 is 10.2 Å². The number of carbonyl (C=O) groups excluding carboxylic acids is 1. The standard InChI is InChI=1S/C12H12BrN3O/c13-9-3-1-2-4-11(9)16-8-7-15-10(5-6-14)12(16)17/h1-4,10,15H,5,7-8H2. The van der Waals surface area contributed by atoms with E-state index in [1.54, 1.807) is 4.90 Å². The molecule has 1 aliphatic rings. The Hall–Kier alpha value is -1.38. The lowest BCUT2D eigenvalue weighted by Crippen LogP contribution is -2.55. The van der Waals surface area contributed by atoms with Gasteiger partial charge in [-0.15, -0.1) is 0 Å². The van der Waals surface area contributed by atoms with Crippen LogP contribution in [0.25, 0.3) is 0 Å². The first-order valence-electron chi connectivity index (χ1n) is 5.40. The van der Waals surface area contributed by atoms with E-state index < -0.39 is 0 Å². The normalized spacial score (nSPS) is 20.1. The number of piperazine rings is 1. The van der Waals surface area contributed by atoms with Gasteiger partial charge in [0.05, 0.1) is 18.2 Å². The van der Waals surface area contributed by atoms with E-state index in [2.05, 4.69) is 21.2 Å². The monoisotopic (exact) mass is 293 g/mol. The maximum atomic E-state index is 12.2. The highest BCUT2D eigenvalue weighted by atomic mass is 79.9. The van der Waals surface area contributed by atoms with Crippen molar-refractivity contribution in [3.63, 3.8) is 0 Å². The van der Waals surface area contributed by atoms with Crippen molar-refractivity contribution >= 4 is 27.5 Å². The molecule has 1 amide bonds. The smallest absolute Gasteiger partial charge is 0.245 e. The van der Waals surface area contributed by atoms with Crippen LogP contribution in [0.1, 0.15) is 6.42 Å². The number of carbonyl (C=O) groups is 1. The molecule has 17 heavy (non-hydrogen) atoms. The van der Waals surface area contributed by atoms with Crippen molar-refractivity contribution in [2.75, 3.05) is 18.0 Å². The third-order valence-electron chi connectivity index (χ3n) is 2.73. The quantitative estimate of drug-likeness (QED) is 0.902. The Morgan fingerprint density at radius 1 is 1.53 bits per heavy atom. The SMILES string of the molecule is N#CCC1NCCN(c2ccccc2Br)C1=O. The van der Waals surface area contributed by atoms with E-state index in [-0.39, 0.29) is 18.4 Å². The van der Waals surface area contributed by atoms with Gasteiger partial charge in [0.15, 0.2) is 0 Å². The van der Waals surface area contributed by atoms with E-state index in [4.69, 9.17) is 5.26 Å². The van der Waals surface area contributed by atoms with Crippen molar-refractivity contribution < 1.29 is 4.79 Å². The molecule has 1 unspecified atom stereocenters. The number of benzene rings is 1. The number of rotatable bonds is 2. The molecule has 0 aromatic heterocycles. The van der Waals surface area contributed by atoms with E-state index >= 15 is 0 Å². The molecule has 0 spiro atoms. The molecule has 1 fully saturated rings. The average molecular weight is 294 g/mol. The first-order chi connectivity index (χ1) is 8.24. The highest BCUT2D eigenvalue weighted by molar-refractivity contribution is 9.10. The van der Waals surface area contributed by atoms with Gasteiger partial charge >= 0.3 is 0 Å². The Morgan fingerprint density at radius 3 is 3.00 bits per heavy atom. The Kier molecular flexibility index (Phi) is 3.77. The van der Waals surface area contributed by atoms with Crippen molar-refractivity contribution in [2.45, 2.75) is 12.5 Å². The molecule has 0 aliphatic carbocycles. The molecular formula is C12H12BrN3O. The van der Waals surface area contributed by atoms with Gasteiger partial charge in [0.25, 0.3) is 0 Å². The van der Waals surface area contributed by atoms with Crippen LogP contribution in [-0.2, 0) is 4.79 Å². The summed E-state index contributed by atoms with van der Waals surface area (Å²) >= 11 is 3.44. The summed E-state index contributed by atoms with van der Waals surface area (Å²) in [6, 6.07) is 9.26. The van der Waals surface area contributed by atoms with Crippen molar-refractivity contribution in [3.8, 4) is 6.07 Å². The Bertz CT molecular complexity index is 469. The van der Waals surface area contributed by atoms with Gasteiger partial charge in [0.2, 0.25) is 5.91 Å². The fourth-order valence-electron chi connectivity index (χ4n) is 1.90. The molecule has 4 nitrogen and oxygen atoms in total. The van der Waals surface area contributed by atoms with Gasteiger partial charge in [-0.3, -0.25) is 4.79 Å². The van der Waals surface area contributed by atoms with Crippen LogP contribution in [0, 0.1) is 11.3 Å². The lowest BCUT2D eigenvalue weighted by atomic mass is 10.1. The molecule has 5 heteroatoms. The lowest BCUT2D eigenvalue weighted by molar-refractivity contribution is -0.121. The zero-order valence-corrected chi connectivity index (χ0v) is 10.8. The van der Waals surface area contributed by atoms with Gasteiger partial charge in [0, 0.05) is 17.6 Å². The number of nitriles is 1. The Labute approximate surface area is 108 Å². The zero-order chi connectivity index (χ0) is 12.3. The third-order valence-corrected chi connectivity index (χ3v) is 3.40. The van der Waals surface area contributed by atoms with Crippen LogP contribution in [0.3, 0.4) is 0 Å². The topological polar surface area (TPSA) is 56.1 Å². The molecule has 1 heterocycles. The molecule has 88 valence electrons. The number of nitrogens with zero attached hydrogens (tertiary/aromatic N) is 2. The molecule has 1 saturated heterocycles. The van der Waals surface area contributed by atoms with Crippen LogP contribution in [0.4, 0.5) is 5.69 Å². The molecule has 2 rings (SSSR count). The second-order valence-electron chi connectivity index (χ2n) is 3.81. The van der Waals surface area contributed by atoms with Crippen molar-refractivity contribution in [2.24, 2.45) is 0 Å². The van der Waals surface area contributed by atoms with Gasteiger partial charge in [0.1, 0.15) is 6.04 Å². The van der Waals surface area contributed by atoms with E-state index in [0.717, 1.165) is 10.2 Å². The number of anilines is 1. The van der Waals surface area contributed by atoms with Crippen LogP contribution in [-0.4, -0.2) is 25.0 Å². The highest BCUT2D eigenvalue weighted by Gasteiger charge is 2.29. The molecule has 0 bridgehead atoms. The summed E-state index contributed by atoms with van der Waals surface area (Å²) in [5.74, 6) is -0.0373. The second kappa shape index (κ2) is 5.30. The van der Waals surface area contributed by atoms with Crippen molar-refractivity contribution in [1.82, 2.24) is 5.32 Å². The van der Waals surface area contributed by atoms with E-state index in [0.29, 0.717) is 13.1 Å². The van der Waals surface area contributed by atoms with Gasteiger partial charge in [-0.05, 0) is 28.1 Å². The minimum absolute atomic E-state index is 0.0373. The number of hydrogen-bond donors (Lipinski definition) is 1. The van der Waals surface area contributed by atoms with Crippen LogP contribution >= 0.6 is 15.9 Å².